The fourth-order valence-electron chi connectivity index (χ4n) is 3.95. The van der Waals surface area contributed by atoms with Crippen LogP contribution in [0.1, 0.15) is 26.3 Å². The van der Waals surface area contributed by atoms with Crippen LogP contribution in [0.3, 0.4) is 0 Å². The van der Waals surface area contributed by atoms with Crippen LogP contribution in [0.15, 0.2) is 79.1 Å². The van der Waals surface area contributed by atoms with Crippen molar-refractivity contribution < 1.29 is 23.8 Å². The first kappa shape index (κ1) is 26.8. The first-order chi connectivity index (χ1) is 18.3. The Morgan fingerprint density at radius 2 is 1.71 bits per heavy atom. The Bertz CT molecular complexity index is 1180. The molecule has 1 saturated heterocycles. The third-order valence-corrected chi connectivity index (χ3v) is 5.83. The van der Waals surface area contributed by atoms with Crippen molar-refractivity contribution in [3.8, 4) is 11.5 Å². The van der Waals surface area contributed by atoms with E-state index in [1.807, 2.05) is 63.2 Å². The molecule has 200 valence electrons. The molecule has 2 heterocycles. The number of rotatable bonds is 7. The molecule has 3 amide bonds. The van der Waals surface area contributed by atoms with E-state index in [1.165, 1.54) is 0 Å². The molecule has 2 aromatic carbocycles. The molecule has 38 heavy (non-hydrogen) atoms. The number of anilines is 1. The maximum Gasteiger partial charge on any atom is 0.410 e. The van der Waals surface area contributed by atoms with Crippen LogP contribution in [0.25, 0.3) is 0 Å². The summed E-state index contributed by atoms with van der Waals surface area (Å²) in [5.41, 5.74) is 1.11. The molecule has 9 nitrogen and oxygen atoms in total. The van der Waals surface area contributed by atoms with E-state index in [0.29, 0.717) is 36.9 Å². The number of aromatic nitrogens is 1. The molecule has 1 fully saturated rings. The van der Waals surface area contributed by atoms with Gasteiger partial charge in [0.15, 0.2) is 0 Å². The summed E-state index contributed by atoms with van der Waals surface area (Å²) in [6.45, 7) is 7.13. The number of nitrogens with zero attached hydrogens (tertiary/aromatic N) is 3. The largest absolute Gasteiger partial charge is 0.490 e. The fourth-order valence-corrected chi connectivity index (χ4v) is 3.95. The fraction of sp³-hybridized carbons (Fsp3) is 0.345. The Balaban J connectivity index is 1.38. The van der Waals surface area contributed by atoms with Crippen molar-refractivity contribution in [3.63, 3.8) is 0 Å². The van der Waals surface area contributed by atoms with Gasteiger partial charge in [-0.3, -0.25) is 4.98 Å². The van der Waals surface area contributed by atoms with Gasteiger partial charge in [0.25, 0.3) is 0 Å². The molecular weight excluding hydrogens is 484 g/mol. The van der Waals surface area contributed by atoms with E-state index in [1.54, 1.807) is 46.5 Å². The molecule has 0 radical (unpaired) electrons. The SMILES string of the molecule is CC(C)(C)OC(=O)N1CCN(C(=O)Nc2ccc(OCc3ccccc3)cc2)C(COc2cccnc2)C1. The summed E-state index contributed by atoms with van der Waals surface area (Å²) in [4.78, 5) is 33.3. The van der Waals surface area contributed by atoms with Crippen molar-refractivity contribution in [2.75, 3.05) is 31.6 Å². The molecule has 1 aliphatic heterocycles. The topological polar surface area (TPSA) is 93.2 Å². The Morgan fingerprint density at radius 1 is 0.947 bits per heavy atom. The van der Waals surface area contributed by atoms with Crippen molar-refractivity contribution in [2.24, 2.45) is 0 Å². The lowest BCUT2D eigenvalue weighted by molar-refractivity contribution is 0.00538. The Kier molecular flexibility index (Phi) is 8.68. The van der Waals surface area contributed by atoms with E-state index in [2.05, 4.69) is 10.3 Å². The molecule has 1 aliphatic rings. The number of ether oxygens (including phenoxy) is 3. The van der Waals surface area contributed by atoms with Crippen molar-refractivity contribution in [3.05, 3.63) is 84.7 Å². The highest BCUT2D eigenvalue weighted by Gasteiger charge is 2.35. The quantitative estimate of drug-likeness (QED) is 0.463. The highest BCUT2D eigenvalue weighted by molar-refractivity contribution is 5.89. The number of amides is 3. The number of hydrogen-bond acceptors (Lipinski definition) is 6. The van der Waals surface area contributed by atoms with Crippen LogP contribution in [0.5, 0.6) is 11.5 Å². The molecule has 1 N–H and O–H groups in total. The van der Waals surface area contributed by atoms with Gasteiger partial charge in [-0.1, -0.05) is 30.3 Å². The number of pyridine rings is 1. The number of piperazine rings is 1. The second-order valence-electron chi connectivity index (χ2n) is 10.0. The van der Waals surface area contributed by atoms with Gasteiger partial charge in [-0.2, -0.15) is 0 Å². The lowest BCUT2D eigenvalue weighted by Crippen LogP contribution is -2.59. The van der Waals surface area contributed by atoms with Crippen molar-refractivity contribution in [1.82, 2.24) is 14.8 Å². The van der Waals surface area contributed by atoms with E-state index in [4.69, 9.17) is 14.2 Å². The minimum Gasteiger partial charge on any atom is -0.490 e. The normalized spacial score (nSPS) is 15.5. The highest BCUT2D eigenvalue weighted by atomic mass is 16.6. The Hall–Kier alpha value is -4.27. The minimum absolute atomic E-state index is 0.199. The number of urea groups is 1. The third-order valence-electron chi connectivity index (χ3n) is 5.83. The van der Waals surface area contributed by atoms with Crippen molar-refractivity contribution >= 4 is 17.8 Å². The number of carbonyl (C=O) groups excluding carboxylic acids is 2. The van der Waals surface area contributed by atoms with Crippen molar-refractivity contribution in [2.45, 2.75) is 39.0 Å². The maximum atomic E-state index is 13.3. The number of carbonyl (C=O) groups is 2. The van der Waals surface area contributed by atoms with Crippen LogP contribution in [-0.2, 0) is 11.3 Å². The van der Waals surface area contributed by atoms with Gasteiger partial charge < -0.3 is 29.3 Å². The average Bonchev–Trinajstić information content (AvgIpc) is 2.91. The molecular formula is C29H34N4O5. The zero-order chi connectivity index (χ0) is 27.0. The lowest BCUT2D eigenvalue weighted by Gasteiger charge is -2.41. The van der Waals surface area contributed by atoms with Gasteiger partial charge in [0, 0.05) is 31.5 Å². The molecule has 1 atom stereocenters. The Morgan fingerprint density at radius 3 is 2.39 bits per heavy atom. The van der Waals surface area contributed by atoms with Gasteiger partial charge in [-0.25, -0.2) is 9.59 Å². The summed E-state index contributed by atoms with van der Waals surface area (Å²) in [7, 11) is 0. The van der Waals surface area contributed by atoms with Gasteiger partial charge in [0.05, 0.1) is 12.2 Å². The standard InChI is InChI=1S/C29H34N4O5/c1-29(2,3)38-28(35)32-16-17-33(24(19-32)21-37-26-10-7-15-30-18-26)27(34)31-23-11-13-25(14-12-23)36-20-22-8-5-4-6-9-22/h4-15,18,24H,16-17,19-21H2,1-3H3,(H,31,34). The minimum atomic E-state index is -0.607. The molecule has 4 rings (SSSR count). The summed E-state index contributed by atoms with van der Waals surface area (Å²) in [6, 6.07) is 20.1. The average molecular weight is 519 g/mol. The molecule has 0 bridgehead atoms. The molecule has 1 unspecified atom stereocenters. The summed E-state index contributed by atoms with van der Waals surface area (Å²) in [5.74, 6) is 1.30. The van der Waals surface area contributed by atoms with Crippen LogP contribution in [0.2, 0.25) is 0 Å². The van der Waals surface area contributed by atoms with Crippen molar-refractivity contribution in [1.29, 1.82) is 0 Å². The molecule has 0 saturated carbocycles. The predicted molar refractivity (Wildman–Crippen MR) is 144 cm³/mol. The van der Waals surface area contributed by atoms with Gasteiger partial charge >= 0.3 is 12.1 Å². The Labute approximate surface area is 223 Å². The van der Waals surface area contributed by atoms with E-state index in [0.717, 1.165) is 5.56 Å². The smallest absolute Gasteiger partial charge is 0.410 e. The van der Waals surface area contributed by atoms with Gasteiger partial charge in [0.1, 0.15) is 30.3 Å². The van der Waals surface area contributed by atoms with Crippen LogP contribution < -0.4 is 14.8 Å². The summed E-state index contributed by atoms with van der Waals surface area (Å²) in [6.07, 6.45) is 2.87. The van der Waals surface area contributed by atoms with Gasteiger partial charge in [0.2, 0.25) is 0 Å². The van der Waals surface area contributed by atoms with Crippen LogP contribution in [-0.4, -0.2) is 64.8 Å². The molecule has 0 spiro atoms. The van der Waals surface area contributed by atoms with E-state index in [-0.39, 0.29) is 25.2 Å². The summed E-state index contributed by atoms with van der Waals surface area (Å²) in [5, 5.41) is 2.95. The first-order valence-corrected chi connectivity index (χ1v) is 12.6. The lowest BCUT2D eigenvalue weighted by atomic mass is 10.2. The highest BCUT2D eigenvalue weighted by Crippen LogP contribution is 2.20. The van der Waals surface area contributed by atoms with E-state index >= 15 is 0 Å². The van der Waals surface area contributed by atoms with E-state index < -0.39 is 11.7 Å². The van der Waals surface area contributed by atoms with Gasteiger partial charge in [-0.05, 0) is 62.7 Å². The van der Waals surface area contributed by atoms with Gasteiger partial charge in [-0.15, -0.1) is 0 Å². The number of nitrogens with one attached hydrogen (secondary N) is 1. The monoisotopic (exact) mass is 518 g/mol. The molecule has 3 aromatic rings. The zero-order valence-electron chi connectivity index (χ0n) is 22.0. The second kappa shape index (κ2) is 12.3. The molecule has 1 aromatic heterocycles. The van der Waals surface area contributed by atoms with E-state index in [9.17, 15) is 9.59 Å². The van der Waals surface area contributed by atoms with Crippen LogP contribution >= 0.6 is 0 Å². The van der Waals surface area contributed by atoms with Crippen LogP contribution in [0, 0.1) is 0 Å². The predicted octanol–water partition coefficient (Wildman–Crippen LogP) is 5.19. The third kappa shape index (κ3) is 7.86. The zero-order valence-corrected chi connectivity index (χ0v) is 22.0. The number of benzene rings is 2. The molecule has 0 aliphatic carbocycles. The first-order valence-electron chi connectivity index (χ1n) is 12.6. The van der Waals surface area contributed by atoms with Crippen LogP contribution in [0.4, 0.5) is 15.3 Å². The number of hydrogen-bond donors (Lipinski definition) is 1. The summed E-state index contributed by atoms with van der Waals surface area (Å²) < 4.78 is 17.3. The molecule has 9 heteroatoms. The summed E-state index contributed by atoms with van der Waals surface area (Å²) >= 11 is 0. The maximum absolute atomic E-state index is 13.3. The second-order valence-corrected chi connectivity index (χ2v) is 10.0.